The average molecular weight is 832 g/mol. The predicted molar refractivity (Wildman–Crippen MR) is 169 cm³/mol. The monoisotopic (exact) mass is 829 g/mol. The first-order chi connectivity index (χ1) is 17.8. The smallest absolute Gasteiger partial charge is 0.386 e. The van der Waals surface area contributed by atoms with Gasteiger partial charge in [0.2, 0.25) is 0 Å². The van der Waals surface area contributed by atoms with E-state index in [0.717, 1.165) is 0 Å². The van der Waals surface area contributed by atoms with E-state index in [0.29, 0.717) is 0 Å². The third-order valence-electron chi connectivity index (χ3n) is 2.17. The molecule has 0 spiro atoms. The Morgan fingerprint density at radius 1 is 0.267 bits per heavy atom. The zero-order valence-electron chi connectivity index (χ0n) is 31.4. The second kappa shape index (κ2) is 39.9. The number of hydrogen-bond acceptors (Lipinski definition) is 10. The van der Waals surface area contributed by atoms with Crippen LogP contribution < -0.4 is 18.9 Å². The van der Waals surface area contributed by atoms with E-state index in [-0.39, 0.29) is 115 Å². The molecule has 0 aromatic rings. The summed E-state index contributed by atoms with van der Waals surface area (Å²) in [7, 11) is 8.03. The second-order valence-corrected chi connectivity index (χ2v) is 12.8. The van der Waals surface area contributed by atoms with Crippen molar-refractivity contribution in [3.8, 4) is 0 Å². The molecular weight excluding hydrogens is 772 g/mol. The fraction of sp³-hybridized carbons (Fsp3) is 1.00. The third kappa shape index (κ3) is 125. The van der Waals surface area contributed by atoms with Crippen molar-refractivity contribution in [1.29, 1.82) is 0 Å². The van der Waals surface area contributed by atoms with Crippen LogP contribution in [0.15, 0.2) is 51.7 Å². The van der Waals surface area contributed by atoms with Gasteiger partial charge in [-0.2, -0.15) is 0 Å². The summed E-state index contributed by atoms with van der Waals surface area (Å²) in [5.41, 5.74) is 17.0. The fourth-order valence-electron chi connectivity index (χ4n) is 0.894. The quantitative estimate of drug-likeness (QED) is 0.149. The molecule has 0 aromatic heterocycles. The van der Waals surface area contributed by atoms with Gasteiger partial charge in [0.25, 0.3) is 0 Å². The molecule has 0 aromatic carbocycles. The molecule has 0 unspecified atom stereocenters. The minimum absolute atomic E-state index is 0. The average Bonchev–Trinajstić information content (AvgIpc) is 2.76. The van der Waals surface area contributed by atoms with E-state index in [4.69, 9.17) is 0 Å². The van der Waals surface area contributed by atoms with Crippen molar-refractivity contribution in [2.24, 2.45) is 51.7 Å². The van der Waals surface area contributed by atoms with Gasteiger partial charge in [-0.3, -0.25) is 26.1 Å². The normalized spacial score (nSPS) is 11.1. The molecule has 0 amide bonds. The molecule has 0 aliphatic rings. The zero-order valence-corrected chi connectivity index (χ0v) is 35.2. The first-order valence-electron chi connectivity index (χ1n) is 12.9. The summed E-state index contributed by atoms with van der Waals surface area (Å²) in [4.78, 5) is 0. The van der Waals surface area contributed by atoms with Gasteiger partial charge in [0.05, 0.1) is 0 Å². The van der Waals surface area contributed by atoms with Crippen molar-refractivity contribution in [2.45, 2.75) is 132 Å². The second-order valence-electron chi connectivity index (χ2n) is 12.8. The molecule has 0 radical (unpaired) electrons. The number of rotatable bonds is 5. The van der Waals surface area contributed by atoms with Crippen LogP contribution in [-0.4, -0.2) is 62.9 Å². The summed E-state index contributed by atoms with van der Waals surface area (Å²) in [6.45, 7) is 29.6. The standard InChI is InChI=1S/5C5H12N3.4Cu.Li/c5*1-5(2,3)7-8-6-4;;;;;/h5*1-4H3;;;;;/q5*-1;5*+1. The Hall–Kier alpha value is -0.325. The van der Waals surface area contributed by atoms with Crippen molar-refractivity contribution in [3.05, 3.63) is 27.1 Å². The predicted octanol–water partition coefficient (Wildman–Crippen LogP) is 7.77. The van der Waals surface area contributed by atoms with E-state index in [2.05, 4.69) is 78.8 Å². The molecule has 280 valence electrons. The Bertz CT molecular complexity index is 566. The Kier molecular flexibility index (Phi) is 62.8. The summed E-state index contributed by atoms with van der Waals surface area (Å²) < 4.78 is 0. The number of hydrogen-bond donors (Lipinski definition) is 0. The van der Waals surface area contributed by atoms with Crippen LogP contribution in [-0.2, 0) is 68.3 Å². The van der Waals surface area contributed by atoms with Crippen LogP contribution in [0.25, 0.3) is 27.1 Å². The van der Waals surface area contributed by atoms with E-state index < -0.39 is 0 Å². The first-order valence-corrected chi connectivity index (χ1v) is 12.9. The van der Waals surface area contributed by atoms with E-state index >= 15 is 0 Å². The summed E-state index contributed by atoms with van der Waals surface area (Å²) >= 11 is 0. The first kappa shape index (κ1) is 70.9. The van der Waals surface area contributed by atoms with Crippen molar-refractivity contribution < 1.29 is 87.1 Å². The summed E-state index contributed by atoms with van der Waals surface area (Å²) in [5, 5.41) is 36.6. The van der Waals surface area contributed by atoms with E-state index in [1.165, 1.54) is 0 Å². The van der Waals surface area contributed by atoms with Crippen LogP contribution in [0.5, 0.6) is 0 Å². The van der Waals surface area contributed by atoms with Gasteiger partial charge in [0.1, 0.15) is 0 Å². The van der Waals surface area contributed by atoms with Crippen molar-refractivity contribution >= 4 is 0 Å². The molecule has 0 saturated heterocycles. The summed E-state index contributed by atoms with van der Waals surface area (Å²) in [5.74, 6) is 0. The van der Waals surface area contributed by atoms with Gasteiger partial charge in [-0.15, -0.1) is 0 Å². The maximum Gasteiger partial charge on any atom is 1.00 e. The number of nitrogens with zero attached hydrogens (tertiary/aromatic N) is 15. The maximum atomic E-state index is 3.83. The van der Waals surface area contributed by atoms with Crippen LogP contribution in [0.2, 0.25) is 0 Å². The Labute approximate surface area is 330 Å². The Balaban J connectivity index is -0.0000000414. The van der Waals surface area contributed by atoms with Gasteiger partial charge < -0.3 is 52.7 Å². The van der Waals surface area contributed by atoms with Gasteiger partial charge in [-0.25, -0.2) is 0 Å². The van der Waals surface area contributed by atoms with Crippen LogP contribution in [0, 0.1) is 0 Å². The third-order valence-corrected chi connectivity index (χ3v) is 2.17. The summed E-state index contributed by atoms with van der Waals surface area (Å²) in [6, 6.07) is 0. The maximum absolute atomic E-state index is 3.83. The van der Waals surface area contributed by atoms with E-state index in [1.807, 2.05) is 104 Å². The molecule has 0 aliphatic carbocycles. The van der Waals surface area contributed by atoms with Crippen molar-refractivity contribution in [3.63, 3.8) is 0 Å². The van der Waals surface area contributed by atoms with Crippen molar-refractivity contribution in [2.75, 3.05) is 35.2 Å². The summed E-state index contributed by atoms with van der Waals surface area (Å²) in [6.07, 6.45) is 0. The molecule has 0 N–H and O–H groups in total. The van der Waals surface area contributed by atoms with Crippen LogP contribution in [0.3, 0.4) is 0 Å². The fourth-order valence-corrected chi connectivity index (χ4v) is 0.894. The molecule has 0 fully saturated rings. The minimum Gasteiger partial charge on any atom is -0.386 e. The van der Waals surface area contributed by atoms with Gasteiger partial charge >= 0.3 is 87.1 Å². The van der Waals surface area contributed by atoms with Gasteiger partial charge in [-0.05, 0) is 62.9 Å². The van der Waals surface area contributed by atoms with Gasteiger partial charge in [-0.1, -0.05) is 104 Å². The Morgan fingerprint density at radius 3 is 0.378 bits per heavy atom. The zero-order chi connectivity index (χ0) is 33.1. The van der Waals surface area contributed by atoms with Gasteiger partial charge in [0.15, 0.2) is 0 Å². The molecule has 20 heteroatoms. The molecule has 45 heavy (non-hydrogen) atoms. The minimum atomic E-state index is -0.0838. The molecule has 0 saturated carbocycles. The van der Waals surface area contributed by atoms with Crippen LogP contribution in [0.1, 0.15) is 104 Å². The van der Waals surface area contributed by atoms with E-state index in [9.17, 15) is 0 Å². The molecule has 0 heterocycles. The van der Waals surface area contributed by atoms with Crippen molar-refractivity contribution in [1.82, 2.24) is 0 Å². The molecule has 0 aliphatic heterocycles. The largest absolute Gasteiger partial charge is 1.00 e. The molecule has 0 bridgehead atoms. The molecule has 0 atom stereocenters. The Morgan fingerprint density at radius 2 is 0.356 bits per heavy atom. The molecule has 15 nitrogen and oxygen atoms in total. The van der Waals surface area contributed by atoms with Crippen LogP contribution in [0.4, 0.5) is 0 Å². The van der Waals surface area contributed by atoms with Gasteiger partial charge in [0, 0.05) is 0 Å². The van der Waals surface area contributed by atoms with E-state index in [1.54, 1.807) is 35.2 Å². The SMILES string of the molecule is C[N-]N=NC(C)(C)C.C[N-]N=NC(C)(C)C.C[N-]N=NC(C)(C)C.C[N-]N=NC(C)(C)C.C[N-]N=NC(C)(C)C.[Cu+].[Cu+].[Cu+].[Cu+].[Li+]. The van der Waals surface area contributed by atoms with Crippen LogP contribution >= 0.6 is 0 Å². The molecule has 0 rings (SSSR count). The topological polar surface area (TPSA) is 194 Å². The molecular formula is C25H60Cu4LiN15.